The molecule has 2 saturated heterocycles. The Kier molecular flexibility index (Phi) is 10.7. The highest BCUT2D eigenvalue weighted by Gasteiger charge is 2.52. The van der Waals surface area contributed by atoms with Crippen LogP contribution in [0.1, 0.15) is 43.5 Å². The number of carbonyl (C=O) groups excluding carboxylic acids is 2. The molecule has 0 bridgehead atoms. The van der Waals surface area contributed by atoms with E-state index in [0.29, 0.717) is 92.0 Å². The number of morpholine rings is 1. The lowest BCUT2D eigenvalue weighted by molar-refractivity contribution is -0.136. The second-order valence-corrected chi connectivity index (χ2v) is 13.9. The Labute approximate surface area is 298 Å². The van der Waals surface area contributed by atoms with Gasteiger partial charge in [0.25, 0.3) is 0 Å². The topological polar surface area (TPSA) is 87.2 Å². The molecular weight excluding hydrogens is 665 g/mol. The Balaban J connectivity index is 1.39. The number of urea groups is 1. The van der Waals surface area contributed by atoms with Gasteiger partial charge in [-0.05, 0) is 68.3 Å². The summed E-state index contributed by atoms with van der Waals surface area (Å²) in [6, 6.07) is 20.1. The van der Waals surface area contributed by atoms with Crippen LogP contribution in [0.2, 0.25) is 10.0 Å². The Hall–Kier alpha value is -3.83. The van der Waals surface area contributed by atoms with Gasteiger partial charge in [-0.25, -0.2) is 4.79 Å². The summed E-state index contributed by atoms with van der Waals surface area (Å²) >= 11 is 12.7. The molecule has 0 radical (unpaired) electrons. The van der Waals surface area contributed by atoms with Gasteiger partial charge in [0.05, 0.1) is 44.6 Å². The van der Waals surface area contributed by atoms with Crippen molar-refractivity contribution < 1.29 is 23.8 Å². The van der Waals surface area contributed by atoms with Crippen LogP contribution in [0.25, 0.3) is 0 Å². The Bertz CT molecular complexity index is 1670. The fourth-order valence-electron chi connectivity index (χ4n) is 6.75. The van der Waals surface area contributed by atoms with E-state index in [9.17, 15) is 9.59 Å². The normalized spacial score (nSPS) is 21.6. The number of aliphatic imine (C=N–C) groups is 1. The first-order chi connectivity index (χ1) is 23.6. The van der Waals surface area contributed by atoms with Gasteiger partial charge in [0.2, 0.25) is 5.91 Å². The lowest BCUT2D eigenvalue weighted by Crippen LogP contribution is -2.56. The summed E-state index contributed by atoms with van der Waals surface area (Å²) in [5, 5.41) is 1.21. The summed E-state index contributed by atoms with van der Waals surface area (Å²) in [6.45, 7) is 10.7. The van der Waals surface area contributed by atoms with E-state index in [4.69, 9.17) is 42.4 Å². The molecule has 3 aromatic rings. The van der Waals surface area contributed by atoms with Crippen molar-refractivity contribution in [3.05, 3.63) is 93.5 Å². The highest BCUT2D eigenvalue weighted by molar-refractivity contribution is 6.30. The first-order valence-electron chi connectivity index (χ1n) is 16.7. The van der Waals surface area contributed by atoms with Gasteiger partial charge in [0.1, 0.15) is 22.9 Å². The van der Waals surface area contributed by atoms with E-state index in [1.165, 1.54) is 0 Å². The molecule has 3 aliphatic heterocycles. The standard InChI is InChI=1S/C37H43Cl2N5O5/c1-25(2)49-32-23-30(47-4)13-14-31(32)35-40-37(3,27-7-11-29(39)12-8-27)34(26-5-9-28(38)10-6-26)44(35)36(46)43-17-15-41(16-18-43)24-33(45)42-19-21-48-22-20-42/h5-14,23,25,34H,15-22,24H2,1-4H3/t34-,37-/m0/s1. The van der Waals surface area contributed by atoms with Crippen LogP contribution in [-0.4, -0.2) is 110 Å². The first kappa shape index (κ1) is 35.0. The number of amidine groups is 1. The predicted octanol–water partition coefficient (Wildman–Crippen LogP) is 6.10. The van der Waals surface area contributed by atoms with E-state index in [2.05, 4.69) is 4.90 Å². The lowest BCUT2D eigenvalue weighted by atomic mass is 9.81. The molecule has 0 aliphatic carbocycles. The minimum atomic E-state index is -0.912. The number of ether oxygens (including phenoxy) is 3. The van der Waals surface area contributed by atoms with E-state index < -0.39 is 11.6 Å². The molecular formula is C37H43Cl2N5O5. The zero-order chi connectivity index (χ0) is 34.7. The van der Waals surface area contributed by atoms with Crippen molar-refractivity contribution in [2.45, 2.75) is 38.5 Å². The molecule has 3 heterocycles. The Morgan fingerprint density at radius 1 is 0.898 bits per heavy atom. The van der Waals surface area contributed by atoms with Gasteiger partial charge in [-0.3, -0.25) is 19.6 Å². The van der Waals surface area contributed by atoms with Gasteiger partial charge in [-0.15, -0.1) is 0 Å². The zero-order valence-corrected chi connectivity index (χ0v) is 29.9. The van der Waals surface area contributed by atoms with Crippen molar-refractivity contribution in [1.29, 1.82) is 0 Å². The number of nitrogens with zero attached hydrogens (tertiary/aromatic N) is 5. The monoisotopic (exact) mass is 707 g/mol. The second-order valence-electron chi connectivity index (χ2n) is 13.0. The van der Waals surface area contributed by atoms with Crippen molar-refractivity contribution in [1.82, 2.24) is 19.6 Å². The van der Waals surface area contributed by atoms with Gasteiger partial charge in [0.15, 0.2) is 0 Å². The molecule has 0 saturated carbocycles. The van der Waals surface area contributed by atoms with Crippen LogP contribution in [0, 0.1) is 0 Å². The van der Waals surface area contributed by atoms with Crippen molar-refractivity contribution in [3.8, 4) is 11.5 Å². The lowest BCUT2D eigenvalue weighted by Gasteiger charge is -2.41. The molecule has 12 heteroatoms. The second kappa shape index (κ2) is 15.0. The fraction of sp³-hybridized carbons (Fsp3) is 0.432. The quantitative estimate of drug-likeness (QED) is 0.281. The molecule has 0 N–H and O–H groups in total. The third-order valence-electron chi connectivity index (χ3n) is 9.34. The number of benzene rings is 3. The average molecular weight is 709 g/mol. The molecule has 0 aromatic heterocycles. The summed E-state index contributed by atoms with van der Waals surface area (Å²) < 4.78 is 17.3. The first-order valence-corrected chi connectivity index (χ1v) is 17.5. The number of amides is 3. The van der Waals surface area contributed by atoms with E-state index in [0.717, 1.165) is 11.1 Å². The van der Waals surface area contributed by atoms with Gasteiger partial charge in [0, 0.05) is 55.4 Å². The van der Waals surface area contributed by atoms with E-state index >= 15 is 0 Å². The number of hydrogen-bond acceptors (Lipinski definition) is 7. The van der Waals surface area contributed by atoms with E-state index in [1.807, 2.05) is 97.3 Å². The summed E-state index contributed by atoms with van der Waals surface area (Å²) in [5.74, 6) is 1.78. The molecule has 3 amide bonds. The highest BCUT2D eigenvalue weighted by atomic mass is 35.5. The molecule has 0 unspecified atom stereocenters. The summed E-state index contributed by atoms with van der Waals surface area (Å²) in [4.78, 5) is 41.0. The van der Waals surface area contributed by atoms with Gasteiger partial charge < -0.3 is 24.0 Å². The third-order valence-corrected chi connectivity index (χ3v) is 9.84. The summed E-state index contributed by atoms with van der Waals surface area (Å²) in [6.07, 6.45) is -0.139. The number of piperazine rings is 1. The van der Waals surface area contributed by atoms with E-state index in [1.54, 1.807) is 12.0 Å². The third kappa shape index (κ3) is 7.52. The van der Waals surface area contributed by atoms with Crippen LogP contribution in [-0.2, 0) is 15.1 Å². The summed E-state index contributed by atoms with van der Waals surface area (Å²) in [7, 11) is 1.61. The Morgan fingerprint density at radius 2 is 1.53 bits per heavy atom. The number of methoxy groups -OCH3 is 1. The van der Waals surface area contributed by atoms with Crippen LogP contribution >= 0.6 is 23.2 Å². The maximum atomic E-state index is 15.0. The van der Waals surface area contributed by atoms with Gasteiger partial charge in [-0.1, -0.05) is 47.5 Å². The summed E-state index contributed by atoms with van der Waals surface area (Å²) in [5.41, 5.74) is 1.54. The van der Waals surface area contributed by atoms with Crippen LogP contribution in [0.5, 0.6) is 11.5 Å². The van der Waals surface area contributed by atoms with Crippen molar-refractivity contribution in [3.63, 3.8) is 0 Å². The number of halogens is 2. The molecule has 6 rings (SSSR count). The zero-order valence-electron chi connectivity index (χ0n) is 28.4. The SMILES string of the molecule is COc1ccc(C2=N[C@@](C)(c3ccc(Cl)cc3)[C@H](c3ccc(Cl)cc3)N2C(=O)N2CCN(CC(=O)N3CCOCC3)CC2)c(OC(C)C)c1. The molecule has 2 atom stereocenters. The van der Waals surface area contributed by atoms with Crippen LogP contribution in [0.15, 0.2) is 71.7 Å². The fourth-order valence-corrected chi connectivity index (χ4v) is 7.00. The minimum absolute atomic E-state index is 0.0933. The molecule has 0 spiro atoms. The Morgan fingerprint density at radius 3 is 2.14 bits per heavy atom. The predicted molar refractivity (Wildman–Crippen MR) is 191 cm³/mol. The molecule has 260 valence electrons. The molecule has 3 aromatic carbocycles. The van der Waals surface area contributed by atoms with Crippen molar-refractivity contribution in [2.24, 2.45) is 4.99 Å². The number of carbonyl (C=O) groups is 2. The number of hydrogen-bond donors (Lipinski definition) is 0. The maximum absolute atomic E-state index is 15.0. The molecule has 2 fully saturated rings. The van der Waals surface area contributed by atoms with Crippen LogP contribution in [0.3, 0.4) is 0 Å². The van der Waals surface area contributed by atoms with Crippen LogP contribution < -0.4 is 9.47 Å². The maximum Gasteiger partial charge on any atom is 0.326 e. The van der Waals surface area contributed by atoms with Gasteiger partial charge >= 0.3 is 6.03 Å². The largest absolute Gasteiger partial charge is 0.497 e. The number of rotatable bonds is 8. The molecule has 3 aliphatic rings. The highest BCUT2D eigenvalue weighted by Crippen LogP contribution is 2.50. The smallest absolute Gasteiger partial charge is 0.326 e. The van der Waals surface area contributed by atoms with Crippen molar-refractivity contribution in [2.75, 3.05) is 66.1 Å². The molecule has 49 heavy (non-hydrogen) atoms. The molecule has 10 nitrogen and oxygen atoms in total. The van der Waals surface area contributed by atoms with Crippen LogP contribution in [0.4, 0.5) is 4.79 Å². The van der Waals surface area contributed by atoms with Gasteiger partial charge in [-0.2, -0.15) is 0 Å². The average Bonchev–Trinajstić information content (AvgIpc) is 3.42. The van der Waals surface area contributed by atoms with E-state index in [-0.39, 0.29) is 18.0 Å². The minimum Gasteiger partial charge on any atom is -0.497 e. The van der Waals surface area contributed by atoms with Crippen molar-refractivity contribution >= 4 is 41.0 Å².